The van der Waals surface area contributed by atoms with E-state index >= 15 is 0 Å². The van der Waals surface area contributed by atoms with Gasteiger partial charge in [0.25, 0.3) is 0 Å². The highest BCUT2D eigenvalue weighted by molar-refractivity contribution is 7.99. The smallest absolute Gasteiger partial charge is 0.336 e. The van der Waals surface area contributed by atoms with Gasteiger partial charge < -0.3 is 15.9 Å². The normalized spacial score (nSPS) is 12.1. The van der Waals surface area contributed by atoms with E-state index < -0.39 is 18.0 Å². The third kappa shape index (κ3) is 4.77. The molecule has 0 bridgehead atoms. The van der Waals surface area contributed by atoms with Gasteiger partial charge in [-0.1, -0.05) is 12.1 Å². The van der Waals surface area contributed by atoms with Gasteiger partial charge in [-0.3, -0.25) is 4.79 Å². The molecule has 18 heavy (non-hydrogen) atoms. The van der Waals surface area contributed by atoms with Crippen molar-refractivity contribution in [2.45, 2.75) is 23.8 Å². The van der Waals surface area contributed by atoms with Crippen molar-refractivity contribution < 1.29 is 19.8 Å². The molecule has 0 aliphatic heterocycles. The van der Waals surface area contributed by atoms with Crippen LogP contribution in [-0.4, -0.2) is 33.9 Å². The van der Waals surface area contributed by atoms with Crippen LogP contribution in [0.3, 0.4) is 0 Å². The summed E-state index contributed by atoms with van der Waals surface area (Å²) in [7, 11) is 0. The number of rotatable bonds is 7. The number of hydrogen-bond acceptors (Lipinski definition) is 4. The van der Waals surface area contributed by atoms with Crippen LogP contribution in [0.25, 0.3) is 0 Å². The van der Waals surface area contributed by atoms with Crippen molar-refractivity contribution in [1.82, 2.24) is 0 Å². The van der Waals surface area contributed by atoms with Crippen LogP contribution in [0.5, 0.6) is 0 Å². The van der Waals surface area contributed by atoms with Gasteiger partial charge in [0.05, 0.1) is 12.0 Å². The fourth-order valence-electron chi connectivity index (χ4n) is 1.42. The molecule has 0 heterocycles. The number of carboxylic acid groups (broad SMARTS) is 2. The van der Waals surface area contributed by atoms with E-state index in [4.69, 9.17) is 15.9 Å². The lowest BCUT2D eigenvalue weighted by Gasteiger charge is -2.09. The van der Waals surface area contributed by atoms with Crippen molar-refractivity contribution in [3.63, 3.8) is 0 Å². The molecule has 4 N–H and O–H groups in total. The maximum atomic E-state index is 10.9. The van der Waals surface area contributed by atoms with Crippen LogP contribution in [0.4, 0.5) is 0 Å². The Kier molecular flexibility index (Phi) is 5.67. The highest BCUT2D eigenvalue weighted by Crippen LogP contribution is 2.23. The van der Waals surface area contributed by atoms with Crippen molar-refractivity contribution in [1.29, 1.82) is 0 Å². The van der Waals surface area contributed by atoms with Gasteiger partial charge in [0.1, 0.15) is 0 Å². The molecule has 0 spiro atoms. The number of aliphatic carboxylic acids is 1. The van der Waals surface area contributed by atoms with E-state index in [0.29, 0.717) is 17.1 Å². The molecule has 0 radical (unpaired) electrons. The maximum absolute atomic E-state index is 10.9. The second kappa shape index (κ2) is 7.03. The fourth-order valence-corrected chi connectivity index (χ4v) is 2.54. The van der Waals surface area contributed by atoms with Gasteiger partial charge in [-0.05, 0) is 24.3 Å². The van der Waals surface area contributed by atoms with Gasteiger partial charge in [0, 0.05) is 10.9 Å². The number of carbonyl (C=O) groups is 2. The Labute approximate surface area is 109 Å². The van der Waals surface area contributed by atoms with E-state index in [1.807, 2.05) is 0 Å². The molecule has 98 valence electrons. The van der Waals surface area contributed by atoms with Crippen molar-refractivity contribution in [3.05, 3.63) is 29.8 Å². The standard InChI is InChI=1S/C12H15NO4S/c13-8(7-11(14)15)5-6-18-10-4-2-1-3-9(10)12(16)17/h1-4,8H,5-7,13H2,(H,14,15)(H,16,17). The minimum atomic E-state index is -0.965. The first-order valence-electron chi connectivity index (χ1n) is 5.43. The van der Waals surface area contributed by atoms with Crippen LogP contribution >= 0.6 is 11.8 Å². The monoisotopic (exact) mass is 269 g/mol. The number of nitrogens with two attached hydrogens (primary N) is 1. The molecule has 6 heteroatoms. The second-order valence-corrected chi connectivity index (χ2v) is 4.93. The minimum absolute atomic E-state index is 0.0683. The number of benzene rings is 1. The fraction of sp³-hybridized carbons (Fsp3) is 0.333. The molecule has 1 aromatic carbocycles. The Balaban J connectivity index is 2.49. The third-order valence-electron chi connectivity index (χ3n) is 2.30. The molecule has 1 unspecified atom stereocenters. The van der Waals surface area contributed by atoms with E-state index in [-0.39, 0.29) is 12.0 Å². The Morgan fingerprint density at radius 2 is 1.94 bits per heavy atom. The summed E-state index contributed by atoms with van der Waals surface area (Å²) in [5.41, 5.74) is 5.88. The van der Waals surface area contributed by atoms with Crippen LogP contribution in [0.1, 0.15) is 23.2 Å². The Morgan fingerprint density at radius 1 is 1.28 bits per heavy atom. The lowest BCUT2D eigenvalue weighted by molar-refractivity contribution is -0.137. The van der Waals surface area contributed by atoms with Crippen LogP contribution in [0, 0.1) is 0 Å². The average molecular weight is 269 g/mol. The zero-order valence-electron chi connectivity index (χ0n) is 9.70. The third-order valence-corrected chi connectivity index (χ3v) is 3.41. The first-order valence-corrected chi connectivity index (χ1v) is 6.41. The molecular formula is C12H15NO4S. The number of hydrogen-bond donors (Lipinski definition) is 3. The van der Waals surface area contributed by atoms with E-state index in [1.54, 1.807) is 24.3 Å². The molecule has 0 saturated carbocycles. The summed E-state index contributed by atoms with van der Waals surface area (Å²) in [6, 6.07) is 6.32. The van der Waals surface area contributed by atoms with Gasteiger partial charge in [0.15, 0.2) is 0 Å². The average Bonchev–Trinajstić information content (AvgIpc) is 2.28. The topological polar surface area (TPSA) is 101 Å². The summed E-state index contributed by atoms with van der Waals surface area (Å²) in [6.07, 6.45) is 0.464. The molecule has 0 amide bonds. The van der Waals surface area contributed by atoms with Crippen molar-refractivity contribution >= 4 is 23.7 Å². The lowest BCUT2D eigenvalue weighted by Crippen LogP contribution is -2.24. The number of aromatic carboxylic acids is 1. The van der Waals surface area contributed by atoms with Crippen molar-refractivity contribution in [2.75, 3.05) is 5.75 Å². The Bertz CT molecular complexity index is 436. The first kappa shape index (κ1) is 14.5. The minimum Gasteiger partial charge on any atom is -0.481 e. The van der Waals surface area contributed by atoms with Gasteiger partial charge in [-0.2, -0.15) is 0 Å². The van der Waals surface area contributed by atoms with Crippen LogP contribution in [0.2, 0.25) is 0 Å². The molecule has 1 rings (SSSR count). The summed E-state index contributed by atoms with van der Waals surface area (Å²) < 4.78 is 0. The van der Waals surface area contributed by atoms with Crippen LogP contribution in [-0.2, 0) is 4.79 Å². The number of thioether (sulfide) groups is 1. The quantitative estimate of drug-likeness (QED) is 0.651. The first-order chi connectivity index (χ1) is 8.50. The van der Waals surface area contributed by atoms with Gasteiger partial charge in [0.2, 0.25) is 0 Å². The van der Waals surface area contributed by atoms with Gasteiger partial charge >= 0.3 is 11.9 Å². The zero-order valence-corrected chi connectivity index (χ0v) is 10.5. The SMILES string of the molecule is NC(CCSc1ccccc1C(=O)O)CC(=O)O. The van der Waals surface area contributed by atoms with Crippen LogP contribution < -0.4 is 5.73 Å². The molecule has 0 fully saturated rings. The van der Waals surface area contributed by atoms with Crippen molar-refractivity contribution in [3.8, 4) is 0 Å². The number of carboxylic acids is 2. The van der Waals surface area contributed by atoms with Gasteiger partial charge in [-0.15, -0.1) is 11.8 Å². The molecule has 0 aliphatic carbocycles. The Hall–Kier alpha value is -1.53. The molecule has 0 saturated heterocycles. The molecule has 0 aromatic heterocycles. The highest BCUT2D eigenvalue weighted by Gasteiger charge is 2.11. The Morgan fingerprint density at radius 3 is 2.56 bits per heavy atom. The summed E-state index contributed by atoms with van der Waals surface area (Å²) in [5, 5.41) is 17.5. The largest absolute Gasteiger partial charge is 0.481 e. The molecule has 1 aromatic rings. The van der Waals surface area contributed by atoms with E-state index in [0.717, 1.165) is 0 Å². The van der Waals surface area contributed by atoms with E-state index in [9.17, 15) is 9.59 Å². The molecule has 0 aliphatic rings. The summed E-state index contributed by atoms with van der Waals surface area (Å²) in [5.74, 6) is -1.29. The lowest BCUT2D eigenvalue weighted by atomic mass is 10.2. The second-order valence-electron chi connectivity index (χ2n) is 3.80. The van der Waals surface area contributed by atoms with Crippen molar-refractivity contribution in [2.24, 2.45) is 5.73 Å². The molecule has 1 atom stereocenters. The highest BCUT2D eigenvalue weighted by atomic mass is 32.2. The van der Waals surface area contributed by atoms with Gasteiger partial charge in [-0.25, -0.2) is 4.79 Å². The van der Waals surface area contributed by atoms with E-state index in [2.05, 4.69) is 0 Å². The summed E-state index contributed by atoms with van der Waals surface area (Å²) in [6.45, 7) is 0. The molecular weight excluding hydrogens is 254 g/mol. The summed E-state index contributed by atoms with van der Waals surface area (Å²) in [4.78, 5) is 22.0. The molecule has 5 nitrogen and oxygen atoms in total. The zero-order chi connectivity index (χ0) is 13.5. The van der Waals surface area contributed by atoms with E-state index in [1.165, 1.54) is 11.8 Å². The maximum Gasteiger partial charge on any atom is 0.336 e. The van der Waals surface area contributed by atoms with Crippen LogP contribution in [0.15, 0.2) is 29.2 Å². The predicted octanol–water partition coefficient (Wildman–Crippen LogP) is 1.67. The summed E-state index contributed by atoms with van der Waals surface area (Å²) >= 11 is 1.38. The predicted molar refractivity (Wildman–Crippen MR) is 69.0 cm³/mol.